The lowest BCUT2D eigenvalue weighted by molar-refractivity contribution is -0.407. The van der Waals surface area contributed by atoms with Gasteiger partial charge in [-0.1, -0.05) is 31.9 Å². The number of hydrogen-bond acceptors (Lipinski definition) is 2. The van der Waals surface area contributed by atoms with Crippen molar-refractivity contribution >= 4 is 37.8 Å². The fourth-order valence-corrected chi connectivity index (χ4v) is 1.42. The number of hydrogen-bond donors (Lipinski definition) is 1. The van der Waals surface area contributed by atoms with Gasteiger partial charge in [0.05, 0.1) is 12.0 Å². The first-order valence-electron chi connectivity index (χ1n) is 4.34. The molecule has 0 bridgehead atoms. The lowest BCUT2D eigenvalue weighted by atomic mass is 10.2. The maximum absolute atomic E-state index is 10.4. The zero-order valence-corrected chi connectivity index (χ0v) is 11.8. The predicted octanol–water partition coefficient (Wildman–Crippen LogP) is 1.21. The van der Waals surface area contributed by atoms with Gasteiger partial charge in [0.25, 0.3) is 0 Å². The Balaban J connectivity index is 0.000000423. The van der Waals surface area contributed by atoms with Crippen LogP contribution in [-0.2, 0) is 0 Å². The van der Waals surface area contributed by atoms with E-state index in [2.05, 4.69) is 51.4 Å². The van der Waals surface area contributed by atoms with Crippen molar-refractivity contribution in [2.45, 2.75) is 19.9 Å². The van der Waals surface area contributed by atoms with Gasteiger partial charge in [-0.2, -0.15) is 0 Å². The summed E-state index contributed by atoms with van der Waals surface area (Å²) in [6.07, 6.45) is 0. The summed E-state index contributed by atoms with van der Waals surface area (Å²) in [5.74, 6) is -1.18. The number of benzene rings is 1. The second kappa shape index (κ2) is 6.98. The van der Waals surface area contributed by atoms with Crippen molar-refractivity contribution in [2.75, 3.05) is 0 Å². The average molecular weight is 339 g/mol. The van der Waals surface area contributed by atoms with Crippen LogP contribution in [0.15, 0.2) is 27.1 Å². The van der Waals surface area contributed by atoms with Gasteiger partial charge in [0.1, 0.15) is 0 Å². The highest BCUT2D eigenvalue weighted by atomic mass is 79.9. The molecular weight excluding hydrogens is 326 g/mol. The first-order valence-corrected chi connectivity index (χ1v) is 5.92. The molecule has 1 rings (SSSR count). The fraction of sp³-hybridized carbons (Fsp3) is 0.300. The van der Waals surface area contributed by atoms with Crippen LogP contribution in [0.25, 0.3) is 0 Å². The summed E-state index contributed by atoms with van der Waals surface area (Å²) in [7, 11) is 0. The number of carbonyl (C=O) groups is 1. The largest absolute Gasteiger partial charge is 0.545 e. The van der Waals surface area contributed by atoms with Gasteiger partial charge in [-0.25, -0.2) is 0 Å². The molecule has 0 fully saturated rings. The Morgan fingerprint density at radius 1 is 1.40 bits per heavy atom. The van der Waals surface area contributed by atoms with E-state index in [4.69, 9.17) is 0 Å². The van der Waals surface area contributed by atoms with Crippen molar-refractivity contribution in [1.82, 2.24) is 0 Å². The molecule has 0 saturated heterocycles. The quantitative estimate of drug-likeness (QED) is 0.836. The third kappa shape index (κ3) is 6.65. The summed E-state index contributed by atoms with van der Waals surface area (Å²) in [6, 6.07) is 5.46. The fourth-order valence-electron chi connectivity index (χ4n) is 0.654. The van der Waals surface area contributed by atoms with E-state index in [9.17, 15) is 9.90 Å². The molecule has 15 heavy (non-hydrogen) atoms. The molecule has 0 spiro atoms. The Morgan fingerprint density at radius 2 is 1.87 bits per heavy atom. The molecule has 0 aromatic heterocycles. The van der Waals surface area contributed by atoms with Gasteiger partial charge in [0.2, 0.25) is 0 Å². The minimum absolute atomic E-state index is 0.152. The first kappa shape index (κ1) is 14.6. The summed E-state index contributed by atoms with van der Waals surface area (Å²) in [6.45, 7) is 4.11. The SMILES string of the molecule is CC(C)[NH3+].O=C([O-])c1cc(Br)ccc1Br. The third-order valence-corrected chi connectivity index (χ3v) is 2.33. The van der Waals surface area contributed by atoms with Gasteiger partial charge in [0, 0.05) is 14.5 Å². The molecule has 3 N–H and O–H groups in total. The monoisotopic (exact) mass is 337 g/mol. The first-order chi connectivity index (χ1) is 6.84. The van der Waals surface area contributed by atoms with Crippen molar-refractivity contribution in [3.05, 3.63) is 32.7 Å². The zero-order chi connectivity index (χ0) is 12.0. The van der Waals surface area contributed by atoms with Crippen molar-refractivity contribution < 1.29 is 15.6 Å². The highest BCUT2D eigenvalue weighted by Crippen LogP contribution is 2.20. The summed E-state index contributed by atoms with van der Waals surface area (Å²) in [4.78, 5) is 10.4. The van der Waals surface area contributed by atoms with Crippen LogP contribution in [0.4, 0.5) is 0 Å². The Bertz CT molecular complexity index is 337. The zero-order valence-electron chi connectivity index (χ0n) is 8.59. The molecule has 0 heterocycles. The molecule has 0 aliphatic carbocycles. The summed E-state index contributed by atoms with van der Waals surface area (Å²) < 4.78 is 1.25. The van der Waals surface area contributed by atoms with Crippen molar-refractivity contribution in [1.29, 1.82) is 0 Å². The van der Waals surface area contributed by atoms with Crippen molar-refractivity contribution in [2.24, 2.45) is 0 Å². The second-order valence-electron chi connectivity index (χ2n) is 3.31. The Kier molecular flexibility index (Phi) is 6.80. The van der Waals surface area contributed by atoms with Crippen LogP contribution in [0.1, 0.15) is 24.2 Å². The summed E-state index contributed by atoms with van der Waals surface area (Å²) >= 11 is 6.24. The Morgan fingerprint density at radius 3 is 2.20 bits per heavy atom. The van der Waals surface area contributed by atoms with E-state index in [1.165, 1.54) is 6.07 Å². The van der Waals surface area contributed by atoms with E-state index in [-0.39, 0.29) is 5.56 Å². The minimum atomic E-state index is -1.18. The number of aromatic carboxylic acids is 1. The molecule has 0 radical (unpaired) electrons. The molecule has 0 unspecified atom stereocenters. The summed E-state index contributed by atoms with van der Waals surface area (Å²) in [5, 5.41) is 10.4. The molecule has 0 aliphatic rings. The standard InChI is InChI=1S/C7H4Br2O2.C3H9N/c8-4-1-2-6(9)5(3-4)7(10)11;1-3(2)4/h1-3H,(H,10,11);3H,4H2,1-2H3. The van der Waals surface area contributed by atoms with Crippen LogP contribution in [0.2, 0.25) is 0 Å². The van der Waals surface area contributed by atoms with Crippen LogP contribution >= 0.6 is 31.9 Å². The maximum atomic E-state index is 10.4. The molecule has 5 heteroatoms. The minimum Gasteiger partial charge on any atom is -0.545 e. The topological polar surface area (TPSA) is 67.8 Å². The van der Waals surface area contributed by atoms with Gasteiger partial charge < -0.3 is 15.6 Å². The Labute approximate surface area is 106 Å². The van der Waals surface area contributed by atoms with E-state index in [0.717, 1.165) is 4.47 Å². The van der Waals surface area contributed by atoms with Gasteiger partial charge >= 0.3 is 0 Å². The molecular formula is C10H13Br2NO2. The molecule has 0 aliphatic heterocycles. The molecule has 0 saturated carbocycles. The number of halogens is 2. The molecule has 0 amide bonds. The number of carboxylic acid groups (broad SMARTS) is 1. The van der Waals surface area contributed by atoms with Gasteiger partial charge in [-0.3, -0.25) is 0 Å². The number of carboxylic acids is 1. The lowest BCUT2D eigenvalue weighted by Crippen LogP contribution is -2.57. The van der Waals surface area contributed by atoms with E-state index in [0.29, 0.717) is 10.5 Å². The Hall–Kier alpha value is -0.390. The van der Waals surface area contributed by atoms with Gasteiger partial charge in [-0.15, -0.1) is 0 Å². The van der Waals surface area contributed by atoms with Crippen LogP contribution < -0.4 is 10.8 Å². The molecule has 1 aromatic rings. The van der Waals surface area contributed by atoms with Gasteiger partial charge in [-0.05, 0) is 32.0 Å². The van der Waals surface area contributed by atoms with E-state index in [1.54, 1.807) is 12.1 Å². The molecule has 0 atom stereocenters. The smallest absolute Gasteiger partial charge is 0.0786 e. The van der Waals surface area contributed by atoms with Crippen LogP contribution in [0.3, 0.4) is 0 Å². The van der Waals surface area contributed by atoms with Gasteiger partial charge in [0.15, 0.2) is 0 Å². The van der Waals surface area contributed by atoms with E-state index < -0.39 is 5.97 Å². The number of carbonyl (C=O) groups excluding carboxylic acids is 1. The second-order valence-corrected chi connectivity index (χ2v) is 5.08. The molecule has 3 nitrogen and oxygen atoms in total. The van der Waals surface area contributed by atoms with Crippen LogP contribution in [0.5, 0.6) is 0 Å². The third-order valence-electron chi connectivity index (χ3n) is 1.15. The average Bonchev–Trinajstić information content (AvgIpc) is 2.08. The predicted molar refractivity (Wildman–Crippen MR) is 64.2 cm³/mol. The highest BCUT2D eigenvalue weighted by Gasteiger charge is 1.99. The molecule has 1 aromatic carbocycles. The van der Waals surface area contributed by atoms with Crippen molar-refractivity contribution in [3.8, 4) is 0 Å². The number of rotatable bonds is 1. The summed E-state index contributed by atoms with van der Waals surface area (Å²) in [5.41, 5.74) is 3.79. The lowest BCUT2D eigenvalue weighted by Gasteiger charge is -2.04. The highest BCUT2D eigenvalue weighted by molar-refractivity contribution is 9.11. The van der Waals surface area contributed by atoms with Crippen LogP contribution in [-0.4, -0.2) is 12.0 Å². The van der Waals surface area contributed by atoms with Crippen LogP contribution in [0, 0.1) is 0 Å². The number of quaternary nitrogens is 1. The maximum Gasteiger partial charge on any atom is 0.0786 e. The van der Waals surface area contributed by atoms with E-state index >= 15 is 0 Å². The molecule has 84 valence electrons. The van der Waals surface area contributed by atoms with Crippen molar-refractivity contribution in [3.63, 3.8) is 0 Å². The van der Waals surface area contributed by atoms with E-state index in [1.807, 2.05) is 0 Å². The normalized spacial score (nSPS) is 9.47.